The van der Waals surface area contributed by atoms with Crippen LogP contribution in [0, 0.1) is 22.9 Å². The molecular formula is C21H22F3NO. The average molecular weight is 361 g/mol. The molecule has 2 aromatic rings. The van der Waals surface area contributed by atoms with Crippen LogP contribution in [0.3, 0.4) is 0 Å². The molecule has 26 heavy (non-hydrogen) atoms. The van der Waals surface area contributed by atoms with E-state index in [2.05, 4.69) is 17.4 Å². The van der Waals surface area contributed by atoms with Crippen molar-refractivity contribution >= 4 is 5.91 Å². The third-order valence-electron chi connectivity index (χ3n) is 5.21. The summed E-state index contributed by atoms with van der Waals surface area (Å²) >= 11 is 0. The van der Waals surface area contributed by atoms with Crippen molar-refractivity contribution in [1.82, 2.24) is 5.32 Å². The third-order valence-corrected chi connectivity index (χ3v) is 5.21. The van der Waals surface area contributed by atoms with Crippen molar-refractivity contribution in [3.05, 3.63) is 71.0 Å². The standard InChI is InChI=1S/C21H22F3NO/c22-17-12-19(24)18(23)11-16(17)20(26)25-14-21(9-5-2-6-10-21)13-15-7-3-1-4-8-15/h1,3-4,7-8,11-12H,2,5-6,9-10,13-14H2,(H,25,26). The van der Waals surface area contributed by atoms with Gasteiger partial charge in [-0.1, -0.05) is 49.6 Å². The normalized spacial score (nSPS) is 16.3. The molecule has 1 amide bonds. The number of hydrogen-bond acceptors (Lipinski definition) is 1. The van der Waals surface area contributed by atoms with Gasteiger partial charge in [0.25, 0.3) is 5.91 Å². The van der Waals surface area contributed by atoms with E-state index >= 15 is 0 Å². The first-order valence-corrected chi connectivity index (χ1v) is 8.96. The summed E-state index contributed by atoms with van der Waals surface area (Å²) in [6, 6.07) is 11.1. The predicted molar refractivity (Wildman–Crippen MR) is 94.3 cm³/mol. The van der Waals surface area contributed by atoms with Crippen molar-refractivity contribution in [2.75, 3.05) is 6.54 Å². The highest BCUT2D eigenvalue weighted by molar-refractivity contribution is 5.94. The van der Waals surface area contributed by atoms with Crippen LogP contribution in [0.4, 0.5) is 13.2 Å². The number of amides is 1. The highest BCUT2D eigenvalue weighted by Crippen LogP contribution is 2.38. The molecule has 5 heteroatoms. The van der Waals surface area contributed by atoms with E-state index in [-0.39, 0.29) is 5.41 Å². The highest BCUT2D eigenvalue weighted by Gasteiger charge is 2.33. The van der Waals surface area contributed by atoms with Gasteiger partial charge in [-0.2, -0.15) is 0 Å². The second kappa shape index (κ2) is 7.94. The zero-order valence-electron chi connectivity index (χ0n) is 14.5. The molecule has 0 spiro atoms. The molecule has 0 heterocycles. The van der Waals surface area contributed by atoms with Crippen LogP contribution < -0.4 is 5.32 Å². The first kappa shape index (κ1) is 18.5. The summed E-state index contributed by atoms with van der Waals surface area (Å²) in [4.78, 5) is 12.3. The third kappa shape index (κ3) is 4.26. The number of nitrogens with one attached hydrogen (secondary N) is 1. The maximum Gasteiger partial charge on any atom is 0.254 e. The van der Waals surface area contributed by atoms with Gasteiger partial charge in [-0.3, -0.25) is 4.79 Å². The maximum atomic E-state index is 13.8. The van der Waals surface area contributed by atoms with Crippen molar-refractivity contribution in [1.29, 1.82) is 0 Å². The Labute approximate surface area is 151 Å². The lowest BCUT2D eigenvalue weighted by Crippen LogP contribution is -2.40. The molecule has 0 aliphatic heterocycles. The lowest BCUT2D eigenvalue weighted by Gasteiger charge is -2.37. The maximum absolute atomic E-state index is 13.8. The lowest BCUT2D eigenvalue weighted by atomic mass is 9.70. The van der Waals surface area contributed by atoms with E-state index in [4.69, 9.17) is 0 Å². The van der Waals surface area contributed by atoms with E-state index < -0.39 is 28.9 Å². The lowest BCUT2D eigenvalue weighted by molar-refractivity contribution is 0.0903. The molecule has 2 nitrogen and oxygen atoms in total. The molecule has 0 radical (unpaired) electrons. The minimum absolute atomic E-state index is 0.0929. The van der Waals surface area contributed by atoms with Gasteiger partial charge in [-0.15, -0.1) is 0 Å². The Hall–Kier alpha value is -2.30. The molecule has 0 aromatic heterocycles. The van der Waals surface area contributed by atoms with E-state index in [0.717, 1.165) is 32.1 Å². The molecule has 0 unspecified atom stereocenters. The number of carbonyl (C=O) groups is 1. The van der Waals surface area contributed by atoms with Crippen LogP contribution in [0.2, 0.25) is 0 Å². The van der Waals surface area contributed by atoms with E-state index in [9.17, 15) is 18.0 Å². The summed E-state index contributed by atoms with van der Waals surface area (Å²) < 4.78 is 40.2. The minimum atomic E-state index is -1.30. The van der Waals surface area contributed by atoms with Crippen LogP contribution in [0.25, 0.3) is 0 Å². The summed E-state index contributed by atoms with van der Waals surface area (Å²) in [5, 5.41) is 2.75. The summed E-state index contributed by atoms with van der Waals surface area (Å²) in [6.45, 7) is 0.388. The SMILES string of the molecule is O=C(NCC1(Cc2ccccc2)CCCCC1)c1cc(F)c(F)cc1F. The fraction of sp³-hybridized carbons (Fsp3) is 0.381. The van der Waals surface area contributed by atoms with Crippen LogP contribution in [0.1, 0.15) is 48.0 Å². The van der Waals surface area contributed by atoms with Crippen molar-refractivity contribution in [2.45, 2.75) is 38.5 Å². The molecule has 1 aliphatic rings. The first-order valence-electron chi connectivity index (χ1n) is 8.96. The summed E-state index contributed by atoms with van der Waals surface area (Å²) in [7, 11) is 0. The Morgan fingerprint density at radius 3 is 2.27 bits per heavy atom. The van der Waals surface area contributed by atoms with E-state index in [1.807, 2.05) is 18.2 Å². The molecule has 1 N–H and O–H groups in total. The van der Waals surface area contributed by atoms with Crippen LogP contribution in [0.5, 0.6) is 0 Å². The predicted octanol–water partition coefficient (Wildman–Crippen LogP) is 5.03. The van der Waals surface area contributed by atoms with Crippen molar-refractivity contribution < 1.29 is 18.0 Å². The zero-order chi connectivity index (χ0) is 18.6. The highest BCUT2D eigenvalue weighted by atomic mass is 19.2. The number of rotatable bonds is 5. The molecule has 0 bridgehead atoms. The van der Waals surface area contributed by atoms with Crippen LogP contribution >= 0.6 is 0 Å². The van der Waals surface area contributed by atoms with Gasteiger partial charge in [0.15, 0.2) is 11.6 Å². The Balaban J connectivity index is 1.73. The largest absolute Gasteiger partial charge is 0.351 e. The van der Waals surface area contributed by atoms with Gasteiger partial charge in [0.1, 0.15) is 5.82 Å². The van der Waals surface area contributed by atoms with Gasteiger partial charge in [-0.05, 0) is 36.3 Å². The smallest absolute Gasteiger partial charge is 0.254 e. The van der Waals surface area contributed by atoms with Gasteiger partial charge in [0, 0.05) is 12.6 Å². The average Bonchev–Trinajstić information content (AvgIpc) is 2.64. The van der Waals surface area contributed by atoms with E-state index in [1.165, 1.54) is 12.0 Å². The Kier molecular flexibility index (Phi) is 5.64. The van der Waals surface area contributed by atoms with E-state index in [1.54, 1.807) is 0 Å². The topological polar surface area (TPSA) is 29.1 Å². The molecule has 1 aliphatic carbocycles. The van der Waals surface area contributed by atoms with Gasteiger partial charge in [-0.25, -0.2) is 13.2 Å². The molecule has 1 saturated carbocycles. The molecule has 1 fully saturated rings. The fourth-order valence-corrected chi connectivity index (χ4v) is 3.81. The number of benzene rings is 2. The molecule has 0 saturated heterocycles. The number of carbonyl (C=O) groups excluding carboxylic acids is 1. The summed E-state index contributed by atoms with van der Waals surface area (Å²) in [5.41, 5.74) is 0.641. The van der Waals surface area contributed by atoms with Gasteiger partial charge in [0.2, 0.25) is 0 Å². The quantitative estimate of drug-likeness (QED) is 0.744. The molecular weight excluding hydrogens is 339 g/mol. The number of halogens is 3. The fourth-order valence-electron chi connectivity index (χ4n) is 3.81. The van der Waals surface area contributed by atoms with Gasteiger partial charge in [0.05, 0.1) is 5.56 Å². The van der Waals surface area contributed by atoms with Crippen LogP contribution in [-0.4, -0.2) is 12.5 Å². The number of hydrogen-bond donors (Lipinski definition) is 1. The Morgan fingerprint density at radius 1 is 0.923 bits per heavy atom. The summed E-state index contributed by atoms with van der Waals surface area (Å²) in [5.74, 6) is -4.29. The molecule has 3 rings (SSSR count). The second-order valence-corrected chi connectivity index (χ2v) is 7.15. The van der Waals surface area contributed by atoms with Crippen molar-refractivity contribution in [3.63, 3.8) is 0 Å². The van der Waals surface area contributed by atoms with Gasteiger partial charge >= 0.3 is 0 Å². The Morgan fingerprint density at radius 2 is 1.58 bits per heavy atom. The zero-order valence-corrected chi connectivity index (χ0v) is 14.5. The first-order chi connectivity index (χ1) is 12.5. The Bertz CT molecular complexity index is 770. The van der Waals surface area contributed by atoms with Crippen LogP contribution in [-0.2, 0) is 6.42 Å². The second-order valence-electron chi connectivity index (χ2n) is 7.15. The van der Waals surface area contributed by atoms with Gasteiger partial charge < -0.3 is 5.32 Å². The minimum Gasteiger partial charge on any atom is -0.351 e. The van der Waals surface area contributed by atoms with E-state index in [0.29, 0.717) is 18.7 Å². The molecule has 2 aromatic carbocycles. The summed E-state index contributed by atoms with van der Waals surface area (Å²) in [6.07, 6.45) is 6.12. The van der Waals surface area contributed by atoms with Crippen molar-refractivity contribution in [2.24, 2.45) is 5.41 Å². The van der Waals surface area contributed by atoms with Crippen molar-refractivity contribution in [3.8, 4) is 0 Å². The monoisotopic (exact) mass is 361 g/mol. The van der Waals surface area contributed by atoms with Crippen LogP contribution in [0.15, 0.2) is 42.5 Å². The molecule has 0 atom stereocenters. The molecule has 138 valence electrons.